The standard InChI is InChI=1S/C37H45NO4.C29H39NO5.C20H30O2.C18H25BrO2.C8H7BrO/c1-26(2)32-23-33(27(3)21-34(32)41-25-29-13-8-7-9-14-29)35(39)38(6)24-30-16-12-15-28(22-30)19-20-37(4,5)36(40)42-31-17-10-11-18-31;1-19(2)23-16-24(26(32)17-25(23)31)27(33)30(5)18-21-10-8-9-20(15-21)13-14-29(3,4)28(34)35-22-11-6-7-12-22;1-4-8-16-9-7-10-17(15-16)13-14-20(2,3)19(21)22-18-11-5-6-12-18;1-18(2,17(20)21-16-8-3-4-9-16)11-10-14-6-5-7-15(12-14)13-19;9-5-7-2-1-3-8(4-7)6-10/h7-9,12-16,21-23,31H,1,10-11,17-20,24-25H2,2-6H3;8-10,15-17,19,22,31-32H,6-7,11-14,18H2,1-5H3;7,9-10,15,18H,4-6,8,11-14H2,1-3H3;5-7,12,16H,3-4,8-11,13H2,1-2H3;1-4,6H,5H2. The summed E-state index contributed by atoms with van der Waals surface area (Å²) in [5.74, 6) is -0.151. The zero-order valence-corrected chi connectivity index (χ0v) is 83.5. The average molecular weight is 1900 g/mol. The molecule has 0 radical (unpaired) electrons. The van der Waals surface area contributed by atoms with E-state index in [1.165, 1.54) is 60.4 Å². The lowest BCUT2D eigenvalue weighted by atomic mass is 9.86. The summed E-state index contributed by atoms with van der Waals surface area (Å²) in [4.78, 5) is 90.4. The predicted octanol–water partition coefficient (Wildman–Crippen LogP) is 26.8. The van der Waals surface area contributed by atoms with Gasteiger partial charge < -0.3 is 43.7 Å². The van der Waals surface area contributed by atoms with Crippen molar-refractivity contribution in [3.8, 4) is 17.2 Å². The number of amides is 2. The first-order chi connectivity index (χ1) is 61.9. The van der Waals surface area contributed by atoms with Crippen molar-refractivity contribution in [3.63, 3.8) is 0 Å². The lowest BCUT2D eigenvalue weighted by Gasteiger charge is -2.25. The van der Waals surface area contributed by atoms with E-state index in [1.807, 2.05) is 181 Å². The van der Waals surface area contributed by atoms with Crippen molar-refractivity contribution in [2.75, 3.05) is 14.1 Å². The molecule has 0 atom stereocenters. The number of hydrogen-bond donors (Lipinski definition) is 2. The molecule has 2 amide bonds. The molecule has 0 aliphatic heterocycles. The summed E-state index contributed by atoms with van der Waals surface area (Å²) in [5, 5.41) is 22.0. The van der Waals surface area contributed by atoms with Gasteiger partial charge in [-0.1, -0.05) is 211 Å². The fourth-order valence-electron chi connectivity index (χ4n) is 16.5. The van der Waals surface area contributed by atoms with Gasteiger partial charge in [0.2, 0.25) is 0 Å². The van der Waals surface area contributed by atoms with Gasteiger partial charge in [-0.25, -0.2) is 0 Å². The number of aryl methyl sites for hydroxylation is 6. The molecule has 0 aromatic heterocycles. The van der Waals surface area contributed by atoms with E-state index in [2.05, 4.69) is 112 Å². The van der Waals surface area contributed by atoms with E-state index >= 15 is 0 Å². The number of phenols is 2. The van der Waals surface area contributed by atoms with Gasteiger partial charge in [0, 0.05) is 60.6 Å². The van der Waals surface area contributed by atoms with Gasteiger partial charge in [-0.15, -0.1) is 0 Å². The Labute approximate surface area is 793 Å². The molecule has 2 N–H and O–H groups in total. The predicted molar refractivity (Wildman–Crippen MR) is 531 cm³/mol. The summed E-state index contributed by atoms with van der Waals surface area (Å²) in [7, 11) is 3.52. The molecule has 4 aliphatic rings. The van der Waals surface area contributed by atoms with Crippen LogP contribution in [0.1, 0.15) is 327 Å². The molecule has 16 nitrogen and oxygen atoms in total. The number of allylic oxidation sites excluding steroid dienone is 1. The topological polar surface area (TPSA) is 213 Å². The normalized spacial score (nSPS) is 14.3. The van der Waals surface area contributed by atoms with Crippen LogP contribution in [0, 0.1) is 28.6 Å². The van der Waals surface area contributed by atoms with Gasteiger partial charge in [0.1, 0.15) is 54.6 Å². The van der Waals surface area contributed by atoms with Crippen molar-refractivity contribution < 1.29 is 67.5 Å². The largest absolute Gasteiger partial charge is 0.508 e. The quantitative estimate of drug-likeness (QED) is 0.0162. The molecular weight excluding hydrogens is 1760 g/mol. The Balaban J connectivity index is 0.000000213. The van der Waals surface area contributed by atoms with Crippen LogP contribution in [0.2, 0.25) is 0 Å². The van der Waals surface area contributed by atoms with E-state index in [-0.39, 0.29) is 83.1 Å². The number of ether oxygens (including phenoxy) is 5. The van der Waals surface area contributed by atoms with E-state index in [1.54, 1.807) is 29.0 Å². The number of aromatic hydroxyl groups is 2. The van der Waals surface area contributed by atoms with Crippen molar-refractivity contribution in [1.82, 2.24) is 9.80 Å². The highest BCUT2D eigenvalue weighted by atomic mass is 79.9. The van der Waals surface area contributed by atoms with Gasteiger partial charge in [0.25, 0.3) is 11.8 Å². The number of carbonyl (C=O) groups is 7. The smallest absolute Gasteiger partial charge is 0.311 e. The first-order valence-corrected chi connectivity index (χ1v) is 49.5. The maximum atomic E-state index is 13.6. The van der Waals surface area contributed by atoms with Crippen LogP contribution in [0.5, 0.6) is 17.2 Å². The molecule has 4 fully saturated rings. The molecule has 0 bridgehead atoms. The van der Waals surface area contributed by atoms with Crippen LogP contribution in [-0.4, -0.2) is 101 Å². The monoisotopic (exact) mass is 1900 g/mol. The second-order valence-electron chi connectivity index (χ2n) is 39.1. The minimum Gasteiger partial charge on any atom is -0.508 e. The third-order valence-corrected chi connectivity index (χ3v) is 26.6. The molecule has 130 heavy (non-hydrogen) atoms. The molecule has 0 saturated heterocycles. The van der Waals surface area contributed by atoms with Crippen LogP contribution in [-0.2, 0) is 101 Å². The summed E-state index contributed by atoms with van der Waals surface area (Å²) in [5.41, 5.74) is 14.6. The van der Waals surface area contributed by atoms with Crippen molar-refractivity contribution in [1.29, 1.82) is 0 Å². The Bertz CT molecular complexity index is 4980. The van der Waals surface area contributed by atoms with Crippen molar-refractivity contribution >= 4 is 79.4 Å². The van der Waals surface area contributed by atoms with Crippen LogP contribution in [0.3, 0.4) is 0 Å². The van der Waals surface area contributed by atoms with Crippen molar-refractivity contribution in [2.45, 2.75) is 318 Å². The molecule has 0 heterocycles. The highest BCUT2D eigenvalue weighted by Crippen LogP contribution is 2.38. The first kappa shape index (κ1) is 106. The maximum Gasteiger partial charge on any atom is 0.311 e. The summed E-state index contributed by atoms with van der Waals surface area (Å²) in [6.45, 7) is 31.2. The Hall–Kier alpha value is -9.65. The second-order valence-corrected chi connectivity index (χ2v) is 40.2. The maximum absolute atomic E-state index is 13.6. The number of nitrogens with zero attached hydrogens (tertiary/aromatic N) is 2. The number of carbonyl (C=O) groups excluding carboxylic acids is 7. The second kappa shape index (κ2) is 52.0. The van der Waals surface area contributed by atoms with E-state index in [4.69, 9.17) is 23.7 Å². The third kappa shape index (κ3) is 34.2. The molecule has 0 spiro atoms. The number of halogens is 2. The van der Waals surface area contributed by atoms with E-state index in [9.17, 15) is 43.8 Å². The third-order valence-electron chi connectivity index (χ3n) is 25.4. The molecule has 702 valence electrons. The van der Waals surface area contributed by atoms with Crippen LogP contribution >= 0.6 is 31.9 Å². The van der Waals surface area contributed by atoms with Gasteiger partial charge in [0.15, 0.2) is 0 Å². The minimum atomic E-state index is -0.560. The van der Waals surface area contributed by atoms with Crippen molar-refractivity contribution in [2.24, 2.45) is 21.7 Å². The number of esters is 4. The Morgan fingerprint density at radius 3 is 1.12 bits per heavy atom. The molecule has 18 heteroatoms. The number of hydrogen-bond acceptors (Lipinski definition) is 14. The molecule has 4 saturated carbocycles. The SMILES string of the molecule is C=C(C)c1cc(C(=O)N(C)Cc2cccc(CCC(C)(C)C(=O)OC3CCCC3)c2)c(C)cc1OCc1ccccc1.CC(C)(CCc1cccc(CBr)c1)C(=O)OC1CCCC1.CC(C)c1cc(C(=O)N(C)Cc2cccc(CCC(C)(C)C(=O)OC3CCCC3)c2)c(O)cc1O.CCCc1cccc(CCC(C)(C)C(=O)OC2CCCC2)c1.O=Cc1cccc(CBr)c1. The van der Waals surface area contributed by atoms with Crippen LogP contribution in [0.4, 0.5) is 0 Å². The highest BCUT2D eigenvalue weighted by Gasteiger charge is 2.37. The molecule has 8 aromatic rings. The van der Waals surface area contributed by atoms with Crippen LogP contribution < -0.4 is 4.74 Å². The van der Waals surface area contributed by atoms with E-state index in [0.717, 1.165) is 200 Å². The zero-order chi connectivity index (χ0) is 94.7. The summed E-state index contributed by atoms with van der Waals surface area (Å²) in [6, 6.07) is 57.7. The van der Waals surface area contributed by atoms with Crippen LogP contribution in [0.15, 0.2) is 183 Å². The number of alkyl halides is 2. The number of phenolic OH excluding ortho intramolecular Hbond substituents is 2. The summed E-state index contributed by atoms with van der Waals surface area (Å²) >= 11 is 6.79. The number of benzene rings is 8. The first-order valence-electron chi connectivity index (χ1n) is 47.3. The van der Waals surface area contributed by atoms with E-state index in [0.29, 0.717) is 43.7 Å². The molecule has 0 unspecified atom stereocenters. The summed E-state index contributed by atoms with van der Waals surface area (Å²) < 4.78 is 29.0. The Morgan fingerprint density at radius 2 is 0.754 bits per heavy atom. The molecule has 4 aliphatic carbocycles. The van der Waals surface area contributed by atoms with Gasteiger partial charge in [-0.05, 0) is 332 Å². The lowest BCUT2D eigenvalue weighted by Crippen LogP contribution is -2.30. The lowest BCUT2D eigenvalue weighted by molar-refractivity contribution is -0.160. The van der Waals surface area contributed by atoms with Gasteiger partial charge in [-0.3, -0.25) is 33.6 Å². The molecular formula is C112H146Br2N2O14. The average Bonchev–Trinajstić information content (AvgIpc) is 0.804. The van der Waals surface area contributed by atoms with Crippen LogP contribution in [0.25, 0.3) is 5.57 Å². The Morgan fingerprint density at radius 1 is 0.423 bits per heavy atom. The minimum absolute atomic E-state index is 0.0144. The Kier molecular flexibility index (Phi) is 42.3. The van der Waals surface area contributed by atoms with Gasteiger partial charge >= 0.3 is 23.9 Å². The fraction of sp³-hybridized carbons (Fsp3) is 0.491. The molecule has 8 aromatic carbocycles. The number of aldehydes is 1. The number of rotatable bonds is 36. The van der Waals surface area contributed by atoms with Crippen molar-refractivity contribution in [3.05, 3.63) is 272 Å². The highest BCUT2D eigenvalue weighted by molar-refractivity contribution is 9.08. The molecule has 12 rings (SSSR count). The fourth-order valence-corrected chi connectivity index (χ4v) is 17.2. The van der Waals surface area contributed by atoms with Gasteiger partial charge in [-0.2, -0.15) is 0 Å². The van der Waals surface area contributed by atoms with Gasteiger partial charge in [0.05, 0.1) is 27.2 Å². The van der Waals surface area contributed by atoms with E-state index < -0.39 is 21.7 Å². The summed E-state index contributed by atoms with van der Waals surface area (Å²) in [6.07, 6.45) is 27.4. The zero-order valence-electron chi connectivity index (χ0n) is 80.3.